The number of methoxy groups -OCH3 is 3. The van der Waals surface area contributed by atoms with Crippen molar-refractivity contribution in [3.63, 3.8) is 0 Å². The van der Waals surface area contributed by atoms with Gasteiger partial charge in [0.1, 0.15) is 0 Å². The van der Waals surface area contributed by atoms with Crippen LogP contribution in [0, 0.1) is 0 Å². The molecule has 8 nitrogen and oxygen atoms in total. The molecular formula is C21H22N2O6S2. The SMILES string of the molecule is C=CCn1c(=NC(=O)c2cc(OC)c(OC)c(OC)c2)sc2cc(S(C)(=O)=O)ccc21. The molecule has 31 heavy (non-hydrogen) atoms. The number of sulfone groups is 1. The van der Waals surface area contributed by atoms with Crippen molar-refractivity contribution in [1.29, 1.82) is 0 Å². The molecule has 164 valence electrons. The van der Waals surface area contributed by atoms with Crippen LogP contribution in [0.2, 0.25) is 0 Å². The first kappa shape index (κ1) is 22.6. The van der Waals surface area contributed by atoms with Crippen LogP contribution in [0.5, 0.6) is 17.2 Å². The summed E-state index contributed by atoms with van der Waals surface area (Å²) in [6.45, 7) is 4.16. The van der Waals surface area contributed by atoms with Crippen LogP contribution in [0.1, 0.15) is 10.4 Å². The zero-order chi connectivity index (χ0) is 22.8. The number of fused-ring (bicyclic) bond motifs is 1. The molecule has 0 fully saturated rings. The number of nitrogens with zero attached hydrogens (tertiary/aromatic N) is 2. The molecule has 2 aromatic carbocycles. The van der Waals surface area contributed by atoms with Crippen molar-refractivity contribution in [1.82, 2.24) is 4.57 Å². The Morgan fingerprint density at radius 3 is 2.29 bits per heavy atom. The van der Waals surface area contributed by atoms with Crippen LogP contribution in [-0.2, 0) is 16.4 Å². The van der Waals surface area contributed by atoms with Gasteiger partial charge in [0, 0.05) is 18.4 Å². The second kappa shape index (κ2) is 8.94. The minimum atomic E-state index is -3.36. The lowest BCUT2D eigenvalue weighted by molar-refractivity contribution is 0.0997. The van der Waals surface area contributed by atoms with Gasteiger partial charge in [0.25, 0.3) is 5.91 Å². The van der Waals surface area contributed by atoms with Gasteiger partial charge in [0.15, 0.2) is 26.1 Å². The van der Waals surface area contributed by atoms with Crippen molar-refractivity contribution in [2.24, 2.45) is 4.99 Å². The summed E-state index contributed by atoms with van der Waals surface area (Å²) in [5, 5.41) is 0. The smallest absolute Gasteiger partial charge is 0.279 e. The lowest BCUT2D eigenvalue weighted by Crippen LogP contribution is -2.16. The van der Waals surface area contributed by atoms with E-state index in [2.05, 4.69) is 11.6 Å². The van der Waals surface area contributed by atoms with Crippen LogP contribution < -0.4 is 19.0 Å². The number of ether oxygens (including phenoxy) is 3. The number of hydrogen-bond donors (Lipinski definition) is 0. The highest BCUT2D eigenvalue weighted by Crippen LogP contribution is 2.38. The highest BCUT2D eigenvalue weighted by Gasteiger charge is 2.18. The fourth-order valence-electron chi connectivity index (χ4n) is 3.03. The van der Waals surface area contributed by atoms with E-state index in [4.69, 9.17) is 14.2 Å². The third-order valence-electron chi connectivity index (χ3n) is 4.50. The number of allylic oxidation sites excluding steroid dienone is 1. The van der Waals surface area contributed by atoms with Crippen molar-refractivity contribution in [3.05, 3.63) is 53.4 Å². The van der Waals surface area contributed by atoms with Crippen molar-refractivity contribution in [3.8, 4) is 17.2 Å². The first-order valence-electron chi connectivity index (χ1n) is 9.07. The molecule has 1 amide bonds. The first-order valence-corrected chi connectivity index (χ1v) is 11.8. The molecular weight excluding hydrogens is 440 g/mol. The average Bonchev–Trinajstić information content (AvgIpc) is 3.08. The standard InChI is InChI=1S/C21H22N2O6S2/c1-6-9-23-15-8-7-14(31(5,25)26)12-18(15)30-21(23)22-20(24)13-10-16(27-2)19(29-4)17(11-13)28-3/h6-8,10-12H,1,9H2,2-5H3. The molecule has 0 aliphatic rings. The molecule has 0 saturated carbocycles. The molecule has 0 aliphatic heterocycles. The number of rotatable bonds is 7. The summed E-state index contributed by atoms with van der Waals surface area (Å²) in [6, 6.07) is 7.88. The van der Waals surface area contributed by atoms with E-state index in [-0.39, 0.29) is 10.5 Å². The van der Waals surface area contributed by atoms with Gasteiger partial charge >= 0.3 is 0 Å². The zero-order valence-electron chi connectivity index (χ0n) is 17.5. The molecule has 0 saturated heterocycles. The zero-order valence-corrected chi connectivity index (χ0v) is 19.2. The Morgan fingerprint density at radius 2 is 1.77 bits per heavy atom. The molecule has 1 aromatic heterocycles. The van der Waals surface area contributed by atoms with Crippen molar-refractivity contribution < 1.29 is 27.4 Å². The second-order valence-electron chi connectivity index (χ2n) is 6.52. The summed E-state index contributed by atoms with van der Waals surface area (Å²) < 4.78 is 42.2. The summed E-state index contributed by atoms with van der Waals surface area (Å²) in [5.41, 5.74) is 1.02. The van der Waals surface area contributed by atoms with Gasteiger partial charge in [-0.1, -0.05) is 17.4 Å². The number of thiazole rings is 1. The molecule has 0 radical (unpaired) electrons. The lowest BCUT2D eigenvalue weighted by atomic mass is 10.1. The van der Waals surface area contributed by atoms with E-state index >= 15 is 0 Å². The van der Waals surface area contributed by atoms with E-state index in [1.807, 2.05) is 0 Å². The minimum absolute atomic E-state index is 0.203. The summed E-state index contributed by atoms with van der Waals surface area (Å²) >= 11 is 1.22. The first-order chi connectivity index (χ1) is 14.7. The Hall–Kier alpha value is -3.11. The maximum absolute atomic E-state index is 13.0. The fourth-order valence-corrected chi connectivity index (χ4v) is 4.83. The van der Waals surface area contributed by atoms with Gasteiger partial charge in [-0.3, -0.25) is 4.79 Å². The molecule has 0 atom stereocenters. The van der Waals surface area contributed by atoms with E-state index in [1.54, 1.807) is 22.8 Å². The largest absolute Gasteiger partial charge is 0.493 e. The summed E-state index contributed by atoms with van der Waals surface area (Å²) in [5.74, 6) is 0.549. The minimum Gasteiger partial charge on any atom is -0.493 e. The van der Waals surface area contributed by atoms with Gasteiger partial charge in [-0.15, -0.1) is 6.58 Å². The quantitative estimate of drug-likeness (QED) is 0.501. The average molecular weight is 463 g/mol. The van der Waals surface area contributed by atoms with Gasteiger partial charge in [-0.05, 0) is 30.3 Å². The predicted octanol–water partition coefficient (Wildman–Crippen LogP) is 3.06. The second-order valence-corrected chi connectivity index (χ2v) is 9.54. The highest BCUT2D eigenvalue weighted by atomic mass is 32.2. The van der Waals surface area contributed by atoms with Gasteiger partial charge in [0.05, 0.1) is 36.4 Å². The molecule has 0 unspecified atom stereocenters. The van der Waals surface area contributed by atoms with Crippen LogP contribution in [0.15, 0.2) is 52.9 Å². The maximum Gasteiger partial charge on any atom is 0.279 e. The number of carbonyl (C=O) groups excluding carboxylic acids is 1. The summed E-state index contributed by atoms with van der Waals surface area (Å²) in [4.78, 5) is 17.9. The van der Waals surface area contributed by atoms with Gasteiger partial charge in [0.2, 0.25) is 5.75 Å². The van der Waals surface area contributed by atoms with Crippen LogP contribution in [0.25, 0.3) is 10.2 Å². The van der Waals surface area contributed by atoms with Crippen LogP contribution in [0.3, 0.4) is 0 Å². The van der Waals surface area contributed by atoms with Gasteiger partial charge in [-0.25, -0.2) is 8.42 Å². The predicted molar refractivity (Wildman–Crippen MR) is 119 cm³/mol. The Kier molecular flexibility index (Phi) is 6.51. The lowest BCUT2D eigenvalue weighted by Gasteiger charge is -2.12. The monoisotopic (exact) mass is 462 g/mol. The molecule has 10 heteroatoms. The molecule has 3 rings (SSSR count). The number of carbonyl (C=O) groups is 1. The third kappa shape index (κ3) is 4.49. The number of hydrogen-bond acceptors (Lipinski definition) is 7. The number of benzene rings is 2. The van der Waals surface area contributed by atoms with Crippen molar-refractivity contribution >= 4 is 37.3 Å². The van der Waals surface area contributed by atoms with Crippen LogP contribution in [0.4, 0.5) is 0 Å². The Balaban J connectivity index is 2.18. The van der Waals surface area contributed by atoms with Crippen molar-refractivity contribution in [2.75, 3.05) is 27.6 Å². The molecule has 0 N–H and O–H groups in total. The van der Waals surface area contributed by atoms with Gasteiger partial charge < -0.3 is 18.8 Å². The molecule has 0 bridgehead atoms. The van der Waals surface area contributed by atoms with Crippen LogP contribution in [-0.4, -0.2) is 46.5 Å². The normalized spacial score (nSPS) is 12.1. The Morgan fingerprint density at radius 1 is 1.13 bits per heavy atom. The number of amides is 1. The number of aromatic nitrogens is 1. The highest BCUT2D eigenvalue weighted by molar-refractivity contribution is 7.90. The molecule has 0 spiro atoms. The van der Waals surface area contributed by atoms with E-state index in [1.165, 1.54) is 50.9 Å². The van der Waals surface area contributed by atoms with E-state index < -0.39 is 15.7 Å². The van der Waals surface area contributed by atoms with E-state index in [0.29, 0.717) is 33.3 Å². The maximum atomic E-state index is 13.0. The summed E-state index contributed by atoms with van der Waals surface area (Å²) in [6.07, 6.45) is 2.83. The molecule has 0 aliphatic carbocycles. The van der Waals surface area contributed by atoms with Crippen molar-refractivity contribution in [2.45, 2.75) is 11.4 Å². The van der Waals surface area contributed by atoms with E-state index in [0.717, 1.165) is 11.8 Å². The molecule has 1 heterocycles. The van der Waals surface area contributed by atoms with Gasteiger partial charge in [-0.2, -0.15) is 4.99 Å². The summed E-state index contributed by atoms with van der Waals surface area (Å²) in [7, 11) is 1.05. The van der Waals surface area contributed by atoms with Crippen LogP contribution >= 0.6 is 11.3 Å². The fraction of sp³-hybridized carbons (Fsp3) is 0.238. The topological polar surface area (TPSA) is 96.2 Å². The molecule has 3 aromatic rings. The Bertz CT molecular complexity index is 1310. The Labute approximate surface area is 183 Å². The third-order valence-corrected chi connectivity index (χ3v) is 6.65. The van der Waals surface area contributed by atoms with E-state index in [9.17, 15) is 13.2 Å².